The third-order valence-electron chi connectivity index (χ3n) is 1.75. The average Bonchev–Trinajstić information content (AvgIpc) is 1.86. The van der Waals surface area contributed by atoms with Crippen molar-refractivity contribution in [3.63, 3.8) is 0 Å². The molecular weight excluding hydrogens is 131 g/mol. The van der Waals surface area contributed by atoms with E-state index < -0.39 is 0 Å². The van der Waals surface area contributed by atoms with Gasteiger partial charge in [-0.2, -0.15) is 0 Å². The van der Waals surface area contributed by atoms with Crippen LogP contribution in [0.4, 0.5) is 0 Å². The minimum atomic E-state index is 0.204. The van der Waals surface area contributed by atoms with E-state index in [0.717, 1.165) is 5.46 Å². The monoisotopic (exact) mass is 144 g/mol. The molecule has 0 aliphatic carbocycles. The summed E-state index contributed by atoms with van der Waals surface area (Å²) in [5.74, 6) is 0. The van der Waals surface area contributed by atoms with Crippen molar-refractivity contribution in [2.45, 2.75) is 26.2 Å². The molecular formula is C10H13B. The van der Waals surface area contributed by atoms with Crippen molar-refractivity contribution < 1.29 is 0 Å². The second-order valence-electron chi connectivity index (χ2n) is 3.88. The number of hydrogen-bond acceptors (Lipinski definition) is 0. The van der Waals surface area contributed by atoms with Crippen LogP contribution in [0.1, 0.15) is 26.3 Å². The van der Waals surface area contributed by atoms with Gasteiger partial charge in [0.25, 0.3) is 0 Å². The average molecular weight is 144 g/mol. The lowest BCUT2D eigenvalue weighted by Gasteiger charge is -2.19. The summed E-state index contributed by atoms with van der Waals surface area (Å²) in [6, 6.07) is 8.04. The molecule has 1 heteroatoms. The third-order valence-corrected chi connectivity index (χ3v) is 1.75. The lowest BCUT2D eigenvalue weighted by Crippen LogP contribution is -2.14. The largest absolute Gasteiger partial charge is 0.113 e. The molecule has 2 radical (unpaired) electrons. The van der Waals surface area contributed by atoms with Crippen molar-refractivity contribution in [1.82, 2.24) is 0 Å². The Morgan fingerprint density at radius 3 is 2.18 bits per heavy atom. The lowest BCUT2D eigenvalue weighted by atomic mass is 9.83. The van der Waals surface area contributed by atoms with Crippen molar-refractivity contribution in [2.24, 2.45) is 0 Å². The van der Waals surface area contributed by atoms with Crippen molar-refractivity contribution in [3.8, 4) is 0 Å². The molecule has 0 N–H and O–H groups in total. The SMILES string of the molecule is [B]c1cccc(C(C)(C)C)c1. The van der Waals surface area contributed by atoms with Gasteiger partial charge in [-0.05, 0) is 11.0 Å². The third kappa shape index (κ3) is 2.11. The Labute approximate surface area is 70.0 Å². The fraction of sp³-hybridized carbons (Fsp3) is 0.400. The Balaban J connectivity index is 3.06. The Morgan fingerprint density at radius 1 is 1.18 bits per heavy atom. The molecule has 0 saturated heterocycles. The van der Waals surface area contributed by atoms with Crippen LogP contribution in [0.2, 0.25) is 0 Å². The van der Waals surface area contributed by atoms with Gasteiger partial charge in [0, 0.05) is 0 Å². The molecule has 1 aromatic carbocycles. The van der Waals surface area contributed by atoms with E-state index >= 15 is 0 Å². The van der Waals surface area contributed by atoms with Crippen LogP contribution < -0.4 is 5.46 Å². The van der Waals surface area contributed by atoms with E-state index in [4.69, 9.17) is 7.85 Å². The molecule has 0 unspecified atom stereocenters. The van der Waals surface area contributed by atoms with Crippen molar-refractivity contribution >= 4 is 13.3 Å². The minimum Gasteiger partial charge on any atom is -0.0964 e. The summed E-state index contributed by atoms with van der Waals surface area (Å²) < 4.78 is 0. The molecule has 0 nitrogen and oxygen atoms in total. The van der Waals surface area contributed by atoms with Crippen LogP contribution in [-0.4, -0.2) is 7.85 Å². The molecule has 1 aromatic rings. The Morgan fingerprint density at radius 2 is 1.82 bits per heavy atom. The van der Waals surface area contributed by atoms with Gasteiger partial charge in [0.05, 0.1) is 0 Å². The van der Waals surface area contributed by atoms with E-state index in [1.54, 1.807) is 0 Å². The van der Waals surface area contributed by atoms with E-state index in [9.17, 15) is 0 Å². The van der Waals surface area contributed by atoms with Crippen LogP contribution in [0, 0.1) is 0 Å². The van der Waals surface area contributed by atoms with Gasteiger partial charge in [-0.1, -0.05) is 50.5 Å². The number of benzene rings is 1. The van der Waals surface area contributed by atoms with Gasteiger partial charge in [0.15, 0.2) is 0 Å². The lowest BCUT2D eigenvalue weighted by molar-refractivity contribution is 0.591. The van der Waals surface area contributed by atoms with Gasteiger partial charge in [-0.3, -0.25) is 0 Å². The molecule has 0 aliphatic heterocycles. The van der Waals surface area contributed by atoms with Crippen LogP contribution in [0.3, 0.4) is 0 Å². The quantitative estimate of drug-likeness (QED) is 0.487. The van der Waals surface area contributed by atoms with E-state index in [2.05, 4.69) is 26.8 Å². The summed E-state index contributed by atoms with van der Waals surface area (Å²) in [7, 11) is 5.66. The van der Waals surface area contributed by atoms with Crippen LogP contribution in [0.25, 0.3) is 0 Å². The predicted octanol–water partition coefficient (Wildman–Crippen LogP) is 1.78. The molecule has 0 atom stereocenters. The molecule has 0 aromatic heterocycles. The molecule has 0 fully saturated rings. The molecule has 0 aliphatic rings. The highest BCUT2D eigenvalue weighted by atomic mass is 14.2. The van der Waals surface area contributed by atoms with Crippen molar-refractivity contribution in [2.75, 3.05) is 0 Å². The second kappa shape index (κ2) is 2.73. The van der Waals surface area contributed by atoms with Crippen LogP contribution in [0.15, 0.2) is 24.3 Å². The zero-order valence-electron chi connectivity index (χ0n) is 7.39. The summed E-state index contributed by atoms with van der Waals surface area (Å²) in [4.78, 5) is 0. The molecule has 0 heterocycles. The molecule has 56 valence electrons. The minimum absolute atomic E-state index is 0.204. The second-order valence-corrected chi connectivity index (χ2v) is 3.88. The molecule has 11 heavy (non-hydrogen) atoms. The maximum atomic E-state index is 5.66. The fourth-order valence-corrected chi connectivity index (χ4v) is 1.01. The van der Waals surface area contributed by atoms with Gasteiger partial charge in [-0.25, -0.2) is 0 Å². The molecule has 1 rings (SSSR count). The first kappa shape index (κ1) is 8.38. The Kier molecular flexibility index (Phi) is 2.08. The van der Waals surface area contributed by atoms with Crippen molar-refractivity contribution in [3.05, 3.63) is 29.8 Å². The van der Waals surface area contributed by atoms with Crippen molar-refractivity contribution in [1.29, 1.82) is 0 Å². The summed E-state index contributed by atoms with van der Waals surface area (Å²) in [6.07, 6.45) is 0. The highest BCUT2D eigenvalue weighted by Crippen LogP contribution is 2.20. The first-order valence-electron chi connectivity index (χ1n) is 3.86. The number of hydrogen-bond donors (Lipinski definition) is 0. The molecule has 0 saturated carbocycles. The fourth-order valence-electron chi connectivity index (χ4n) is 1.01. The summed E-state index contributed by atoms with van der Waals surface area (Å²) >= 11 is 0. The van der Waals surface area contributed by atoms with E-state index in [1.807, 2.05) is 18.2 Å². The van der Waals surface area contributed by atoms with Gasteiger partial charge < -0.3 is 0 Å². The predicted molar refractivity (Wildman–Crippen MR) is 50.5 cm³/mol. The Hall–Kier alpha value is -0.715. The van der Waals surface area contributed by atoms with Crippen LogP contribution >= 0.6 is 0 Å². The Bertz CT molecular complexity index is 245. The van der Waals surface area contributed by atoms with E-state index in [-0.39, 0.29) is 5.41 Å². The van der Waals surface area contributed by atoms with E-state index in [1.165, 1.54) is 5.56 Å². The maximum Gasteiger partial charge on any atom is 0.113 e. The molecule has 0 bridgehead atoms. The first-order valence-corrected chi connectivity index (χ1v) is 3.86. The van der Waals surface area contributed by atoms with E-state index in [0.29, 0.717) is 0 Å². The van der Waals surface area contributed by atoms with Crippen LogP contribution in [-0.2, 0) is 5.41 Å². The van der Waals surface area contributed by atoms with Gasteiger partial charge in [-0.15, -0.1) is 0 Å². The van der Waals surface area contributed by atoms with Gasteiger partial charge in [0.2, 0.25) is 0 Å². The summed E-state index contributed by atoms with van der Waals surface area (Å²) in [6.45, 7) is 6.55. The standard InChI is InChI=1S/C10H13B/c1-10(2,3)8-5-4-6-9(11)7-8/h4-7H,1-3H3. The molecule has 0 amide bonds. The highest BCUT2D eigenvalue weighted by molar-refractivity contribution is 6.32. The summed E-state index contributed by atoms with van der Waals surface area (Å²) in [5.41, 5.74) is 2.34. The summed E-state index contributed by atoms with van der Waals surface area (Å²) in [5, 5.41) is 0. The van der Waals surface area contributed by atoms with Crippen LogP contribution in [0.5, 0.6) is 0 Å². The normalized spacial score (nSPS) is 11.5. The number of rotatable bonds is 0. The zero-order chi connectivity index (χ0) is 8.48. The smallest absolute Gasteiger partial charge is 0.0964 e. The maximum absolute atomic E-state index is 5.66. The van der Waals surface area contributed by atoms with Gasteiger partial charge in [0.1, 0.15) is 7.85 Å². The first-order chi connectivity index (χ1) is 5.00. The zero-order valence-corrected chi connectivity index (χ0v) is 7.39. The highest BCUT2D eigenvalue weighted by Gasteiger charge is 2.12. The molecule has 0 spiro atoms. The topological polar surface area (TPSA) is 0 Å². The van der Waals surface area contributed by atoms with Gasteiger partial charge >= 0.3 is 0 Å².